The molecule has 0 fully saturated rings. The van der Waals surface area contributed by atoms with Gasteiger partial charge in [-0.05, 0) is 44.2 Å². The molecule has 1 aromatic heterocycles. The summed E-state index contributed by atoms with van der Waals surface area (Å²) in [5.41, 5.74) is 1.63. The van der Waals surface area contributed by atoms with Crippen LogP contribution in [-0.2, 0) is 0 Å². The third-order valence-corrected chi connectivity index (χ3v) is 3.81. The standard InChI is InChI=1S/C21H24N4O3/c1-14(2)28-17-8-6-5-7-16(17)24-21-22-12-11-20(25-21)23-15-9-10-18(26-3)19(13-15)27-4/h5-14H,1-4H3,(H2,22,23,24,25). The van der Waals surface area contributed by atoms with E-state index < -0.39 is 0 Å². The van der Waals surface area contributed by atoms with E-state index in [1.165, 1.54) is 0 Å². The molecule has 0 saturated heterocycles. The van der Waals surface area contributed by atoms with Crippen molar-refractivity contribution in [2.75, 3.05) is 24.9 Å². The molecule has 0 aliphatic heterocycles. The van der Waals surface area contributed by atoms with Gasteiger partial charge in [0.1, 0.15) is 11.6 Å². The second-order valence-electron chi connectivity index (χ2n) is 6.25. The van der Waals surface area contributed by atoms with Crippen LogP contribution < -0.4 is 24.8 Å². The maximum atomic E-state index is 5.83. The lowest BCUT2D eigenvalue weighted by Crippen LogP contribution is -2.08. The first-order valence-electron chi connectivity index (χ1n) is 8.94. The minimum atomic E-state index is 0.0712. The number of hydrogen-bond donors (Lipinski definition) is 2. The quantitative estimate of drug-likeness (QED) is 0.583. The molecule has 0 aliphatic rings. The topological polar surface area (TPSA) is 77.5 Å². The maximum Gasteiger partial charge on any atom is 0.229 e. The summed E-state index contributed by atoms with van der Waals surface area (Å²) in [5, 5.41) is 6.46. The lowest BCUT2D eigenvalue weighted by molar-refractivity contribution is 0.244. The van der Waals surface area contributed by atoms with Gasteiger partial charge in [0.25, 0.3) is 0 Å². The van der Waals surface area contributed by atoms with E-state index in [4.69, 9.17) is 14.2 Å². The van der Waals surface area contributed by atoms with E-state index in [-0.39, 0.29) is 6.10 Å². The first-order valence-corrected chi connectivity index (χ1v) is 8.94. The van der Waals surface area contributed by atoms with E-state index >= 15 is 0 Å². The van der Waals surface area contributed by atoms with Crippen molar-refractivity contribution < 1.29 is 14.2 Å². The van der Waals surface area contributed by atoms with Gasteiger partial charge in [0.15, 0.2) is 11.5 Å². The van der Waals surface area contributed by atoms with Gasteiger partial charge in [0.2, 0.25) is 5.95 Å². The maximum absolute atomic E-state index is 5.83. The monoisotopic (exact) mass is 380 g/mol. The summed E-state index contributed by atoms with van der Waals surface area (Å²) in [6.07, 6.45) is 1.76. The van der Waals surface area contributed by atoms with Crippen LogP contribution in [0.5, 0.6) is 17.2 Å². The molecule has 7 heteroatoms. The Morgan fingerprint density at radius 3 is 2.39 bits per heavy atom. The van der Waals surface area contributed by atoms with Crippen molar-refractivity contribution in [3.8, 4) is 17.2 Å². The van der Waals surface area contributed by atoms with E-state index in [9.17, 15) is 0 Å². The molecule has 3 aromatic rings. The summed E-state index contributed by atoms with van der Waals surface area (Å²) in [5.74, 6) is 3.16. The molecule has 0 unspecified atom stereocenters. The van der Waals surface area contributed by atoms with Gasteiger partial charge in [0.05, 0.1) is 26.0 Å². The molecule has 0 atom stereocenters. The molecule has 0 saturated carbocycles. The SMILES string of the molecule is COc1ccc(Nc2ccnc(Nc3ccccc3OC(C)C)n2)cc1OC. The average molecular weight is 380 g/mol. The smallest absolute Gasteiger partial charge is 0.229 e. The minimum absolute atomic E-state index is 0.0712. The van der Waals surface area contributed by atoms with Gasteiger partial charge in [0, 0.05) is 18.0 Å². The Hall–Kier alpha value is -3.48. The zero-order valence-corrected chi connectivity index (χ0v) is 16.4. The Kier molecular flexibility index (Phi) is 6.16. The highest BCUT2D eigenvalue weighted by Gasteiger charge is 2.09. The van der Waals surface area contributed by atoms with Gasteiger partial charge in [-0.2, -0.15) is 4.98 Å². The molecule has 0 aliphatic carbocycles. The van der Waals surface area contributed by atoms with Crippen LogP contribution in [0.4, 0.5) is 23.1 Å². The molecule has 1 heterocycles. The van der Waals surface area contributed by atoms with Crippen LogP contribution in [0, 0.1) is 0 Å². The molecule has 146 valence electrons. The summed E-state index contributed by atoms with van der Waals surface area (Å²) in [6, 6.07) is 15.1. The molecule has 0 amide bonds. The Morgan fingerprint density at radius 1 is 0.857 bits per heavy atom. The molecule has 2 N–H and O–H groups in total. The van der Waals surface area contributed by atoms with Gasteiger partial charge in [-0.1, -0.05) is 12.1 Å². The van der Waals surface area contributed by atoms with Crippen LogP contribution in [0.2, 0.25) is 0 Å². The molecule has 28 heavy (non-hydrogen) atoms. The normalized spacial score (nSPS) is 10.5. The number of hydrogen-bond acceptors (Lipinski definition) is 7. The average Bonchev–Trinajstić information content (AvgIpc) is 2.69. The number of nitrogens with one attached hydrogen (secondary N) is 2. The predicted molar refractivity (Wildman–Crippen MR) is 110 cm³/mol. The summed E-state index contributed by atoms with van der Waals surface area (Å²) in [4.78, 5) is 8.82. The van der Waals surface area contributed by atoms with Crippen molar-refractivity contribution in [2.24, 2.45) is 0 Å². The molecule has 3 rings (SSSR count). The fraction of sp³-hybridized carbons (Fsp3) is 0.238. The number of aromatic nitrogens is 2. The Labute approximate surface area is 164 Å². The second kappa shape index (κ2) is 8.94. The van der Waals surface area contributed by atoms with Gasteiger partial charge in [-0.15, -0.1) is 0 Å². The number of ether oxygens (including phenoxy) is 3. The second-order valence-corrected chi connectivity index (χ2v) is 6.25. The van der Waals surface area contributed by atoms with Crippen molar-refractivity contribution in [3.63, 3.8) is 0 Å². The number of anilines is 4. The molecular formula is C21H24N4O3. The Bertz CT molecular complexity index is 931. The summed E-state index contributed by atoms with van der Waals surface area (Å²) in [6.45, 7) is 3.97. The van der Waals surface area contributed by atoms with Gasteiger partial charge >= 0.3 is 0 Å². The predicted octanol–water partition coefficient (Wildman–Crippen LogP) is 4.77. The molecule has 0 spiro atoms. The van der Waals surface area contributed by atoms with Crippen molar-refractivity contribution in [1.29, 1.82) is 0 Å². The Balaban J connectivity index is 1.78. The van der Waals surface area contributed by atoms with Crippen molar-refractivity contribution in [2.45, 2.75) is 20.0 Å². The number of benzene rings is 2. The van der Waals surface area contributed by atoms with Crippen LogP contribution in [-0.4, -0.2) is 30.3 Å². The van der Waals surface area contributed by atoms with E-state index in [0.29, 0.717) is 23.3 Å². The highest BCUT2D eigenvalue weighted by Crippen LogP contribution is 2.31. The van der Waals surface area contributed by atoms with E-state index in [1.54, 1.807) is 26.5 Å². The number of para-hydroxylation sites is 2. The zero-order valence-electron chi connectivity index (χ0n) is 16.4. The number of nitrogens with zero attached hydrogens (tertiary/aromatic N) is 2. The molecule has 0 radical (unpaired) electrons. The fourth-order valence-corrected chi connectivity index (χ4v) is 2.60. The summed E-state index contributed by atoms with van der Waals surface area (Å²) < 4.78 is 16.4. The van der Waals surface area contributed by atoms with Crippen molar-refractivity contribution >= 4 is 23.1 Å². The van der Waals surface area contributed by atoms with Crippen LogP contribution in [0.3, 0.4) is 0 Å². The third kappa shape index (κ3) is 4.82. The summed E-state index contributed by atoms with van der Waals surface area (Å²) >= 11 is 0. The van der Waals surface area contributed by atoms with Gasteiger partial charge in [-0.3, -0.25) is 0 Å². The largest absolute Gasteiger partial charge is 0.493 e. The zero-order chi connectivity index (χ0) is 19.9. The highest BCUT2D eigenvalue weighted by molar-refractivity contribution is 5.65. The van der Waals surface area contributed by atoms with Crippen LogP contribution >= 0.6 is 0 Å². The summed E-state index contributed by atoms with van der Waals surface area (Å²) in [7, 11) is 3.21. The molecule has 7 nitrogen and oxygen atoms in total. The van der Waals surface area contributed by atoms with Crippen molar-refractivity contribution in [3.05, 3.63) is 54.7 Å². The van der Waals surface area contributed by atoms with E-state index in [2.05, 4.69) is 20.6 Å². The fourth-order valence-electron chi connectivity index (χ4n) is 2.60. The highest BCUT2D eigenvalue weighted by atomic mass is 16.5. The first-order chi connectivity index (χ1) is 13.6. The van der Waals surface area contributed by atoms with Crippen LogP contribution in [0.25, 0.3) is 0 Å². The lowest BCUT2D eigenvalue weighted by atomic mass is 10.2. The molecule has 0 bridgehead atoms. The van der Waals surface area contributed by atoms with Crippen LogP contribution in [0.15, 0.2) is 54.7 Å². The Morgan fingerprint density at radius 2 is 1.64 bits per heavy atom. The van der Waals surface area contributed by atoms with Gasteiger partial charge in [-0.25, -0.2) is 4.98 Å². The van der Waals surface area contributed by atoms with Crippen LogP contribution in [0.1, 0.15) is 13.8 Å². The van der Waals surface area contributed by atoms with E-state index in [0.717, 1.165) is 17.1 Å². The first kappa shape index (κ1) is 19.3. The minimum Gasteiger partial charge on any atom is -0.493 e. The third-order valence-electron chi connectivity index (χ3n) is 3.81. The lowest BCUT2D eigenvalue weighted by Gasteiger charge is -2.15. The van der Waals surface area contributed by atoms with Crippen molar-refractivity contribution in [1.82, 2.24) is 9.97 Å². The number of methoxy groups -OCH3 is 2. The molecular weight excluding hydrogens is 356 g/mol. The van der Waals surface area contributed by atoms with Gasteiger partial charge < -0.3 is 24.8 Å². The molecule has 2 aromatic carbocycles. The number of rotatable bonds is 8. The van der Waals surface area contributed by atoms with E-state index in [1.807, 2.05) is 56.3 Å².